The van der Waals surface area contributed by atoms with Crippen LogP contribution < -0.4 is 0 Å². The van der Waals surface area contributed by atoms with Crippen LogP contribution in [-0.2, 0) is 12.3 Å². The van der Waals surface area contributed by atoms with Gasteiger partial charge in [-0.2, -0.15) is 4.98 Å². The van der Waals surface area contributed by atoms with E-state index in [1.165, 1.54) is 5.56 Å². The van der Waals surface area contributed by atoms with Gasteiger partial charge in [0.25, 0.3) is 0 Å². The van der Waals surface area contributed by atoms with E-state index in [1.54, 1.807) is 11.8 Å². The van der Waals surface area contributed by atoms with Gasteiger partial charge in [0.15, 0.2) is 5.16 Å². The molecule has 0 fully saturated rings. The quantitative estimate of drug-likeness (QED) is 0.488. The molecule has 0 atom stereocenters. The minimum absolute atomic E-state index is 0.599. The van der Waals surface area contributed by atoms with Crippen LogP contribution in [0, 0.1) is 6.92 Å². The molecule has 6 heteroatoms. The number of fused-ring (bicyclic) bond motifs is 1. The third-order valence-corrected chi connectivity index (χ3v) is 5.00. The van der Waals surface area contributed by atoms with Crippen molar-refractivity contribution < 1.29 is 4.52 Å². The van der Waals surface area contributed by atoms with Gasteiger partial charge in [0.1, 0.15) is 0 Å². The molecular formula is C19H18N4OS. The molecule has 4 rings (SSSR count). The number of aromatic nitrogens is 4. The number of hydrogen-bond donors (Lipinski definition) is 0. The zero-order valence-corrected chi connectivity index (χ0v) is 15.0. The Bertz CT molecular complexity index is 1000. The lowest BCUT2D eigenvalue weighted by molar-refractivity contribution is 0.391. The lowest BCUT2D eigenvalue weighted by Crippen LogP contribution is -1.96. The summed E-state index contributed by atoms with van der Waals surface area (Å²) in [4.78, 5) is 9.21. The second kappa shape index (κ2) is 6.72. The smallest absolute Gasteiger partial charge is 0.237 e. The topological polar surface area (TPSA) is 56.7 Å². The van der Waals surface area contributed by atoms with E-state index in [0.717, 1.165) is 28.3 Å². The molecule has 126 valence electrons. The Hall–Kier alpha value is -2.60. The van der Waals surface area contributed by atoms with Crippen molar-refractivity contribution >= 4 is 22.8 Å². The van der Waals surface area contributed by atoms with Gasteiger partial charge in [0, 0.05) is 12.1 Å². The van der Waals surface area contributed by atoms with Crippen LogP contribution in [0.3, 0.4) is 0 Å². The molecule has 0 unspecified atom stereocenters. The maximum absolute atomic E-state index is 5.40. The summed E-state index contributed by atoms with van der Waals surface area (Å²) in [6.45, 7) is 5.06. The highest BCUT2D eigenvalue weighted by Crippen LogP contribution is 2.27. The fraction of sp³-hybridized carbons (Fsp3) is 0.211. The summed E-state index contributed by atoms with van der Waals surface area (Å²) >= 11 is 1.62. The Labute approximate surface area is 150 Å². The molecule has 0 saturated carbocycles. The summed E-state index contributed by atoms with van der Waals surface area (Å²) in [6, 6.07) is 16.3. The van der Waals surface area contributed by atoms with Gasteiger partial charge in [-0.3, -0.25) is 0 Å². The van der Waals surface area contributed by atoms with Crippen LogP contribution in [0.2, 0.25) is 0 Å². The lowest BCUT2D eigenvalue weighted by atomic mass is 10.1. The third kappa shape index (κ3) is 3.17. The predicted octanol–water partition coefficient (Wildman–Crippen LogP) is 4.71. The average molecular weight is 350 g/mol. The number of aryl methyl sites for hydroxylation is 2. The van der Waals surface area contributed by atoms with Gasteiger partial charge >= 0.3 is 0 Å². The van der Waals surface area contributed by atoms with Crippen LogP contribution in [0.15, 0.2) is 58.2 Å². The van der Waals surface area contributed by atoms with E-state index in [9.17, 15) is 0 Å². The SMILES string of the molecule is CCn1c(SCc2nc(-c3ccc(C)cc3)no2)nc2ccccc21. The molecule has 0 N–H and O–H groups in total. The molecule has 0 radical (unpaired) electrons. The highest BCUT2D eigenvalue weighted by atomic mass is 32.2. The Morgan fingerprint density at radius 3 is 2.64 bits per heavy atom. The zero-order valence-electron chi connectivity index (χ0n) is 14.1. The van der Waals surface area contributed by atoms with E-state index in [4.69, 9.17) is 9.51 Å². The van der Waals surface area contributed by atoms with Crippen LogP contribution in [0.4, 0.5) is 0 Å². The van der Waals surface area contributed by atoms with Gasteiger partial charge in [-0.1, -0.05) is 58.9 Å². The van der Waals surface area contributed by atoms with Crippen molar-refractivity contribution in [2.75, 3.05) is 0 Å². The molecule has 0 aliphatic carbocycles. The maximum atomic E-state index is 5.40. The van der Waals surface area contributed by atoms with Crippen molar-refractivity contribution in [1.29, 1.82) is 0 Å². The van der Waals surface area contributed by atoms with Crippen LogP contribution >= 0.6 is 11.8 Å². The lowest BCUT2D eigenvalue weighted by Gasteiger charge is -2.03. The molecule has 0 spiro atoms. The van der Waals surface area contributed by atoms with E-state index in [2.05, 4.69) is 34.6 Å². The number of rotatable bonds is 5. The molecule has 4 aromatic rings. The van der Waals surface area contributed by atoms with Crippen molar-refractivity contribution in [1.82, 2.24) is 19.7 Å². The van der Waals surface area contributed by atoms with Gasteiger partial charge < -0.3 is 9.09 Å². The first-order valence-electron chi connectivity index (χ1n) is 8.22. The van der Waals surface area contributed by atoms with Crippen LogP contribution in [0.25, 0.3) is 22.4 Å². The first kappa shape index (κ1) is 15.9. The zero-order chi connectivity index (χ0) is 17.2. The van der Waals surface area contributed by atoms with Crippen molar-refractivity contribution in [2.45, 2.75) is 31.3 Å². The predicted molar refractivity (Wildman–Crippen MR) is 99.4 cm³/mol. The second-order valence-electron chi connectivity index (χ2n) is 5.79. The first-order chi connectivity index (χ1) is 12.2. The Morgan fingerprint density at radius 1 is 1.04 bits per heavy atom. The molecule has 0 amide bonds. The van der Waals surface area contributed by atoms with Crippen LogP contribution in [-0.4, -0.2) is 19.7 Å². The molecular weight excluding hydrogens is 332 g/mol. The highest BCUT2D eigenvalue weighted by molar-refractivity contribution is 7.98. The largest absolute Gasteiger partial charge is 0.338 e. The fourth-order valence-corrected chi connectivity index (χ4v) is 3.64. The molecule has 0 aliphatic rings. The second-order valence-corrected chi connectivity index (χ2v) is 6.74. The molecule has 2 aromatic heterocycles. The fourth-order valence-electron chi connectivity index (χ4n) is 2.73. The summed E-state index contributed by atoms with van der Waals surface area (Å²) in [5, 5.41) is 5.06. The number of thioether (sulfide) groups is 1. The molecule has 2 aromatic carbocycles. The van der Waals surface area contributed by atoms with E-state index in [-0.39, 0.29) is 0 Å². The summed E-state index contributed by atoms with van der Waals surface area (Å²) < 4.78 is 7.61. The Balaban J connectivity index is 1.53. The normalized spacial score (nSPS) is 11.3. The van der Waals surface area contributed by atoms with E-state index in [1.807, 2.05) is 42.5 Å². The Kier molecular flexibility index (Phi) is 4.28. The summed E-state index contributed by atoms with van der Waals surface area (Å²) in [5.74, 6) is 1.83. The van der Waals surface area contributed by atoms with Gasteiger partial charge in [0.05, 0.1) is 16.8 Å². The minimum atomic E-state index is 0.599. The van der Waals surface area contributed by atoms with E-state index >= 15 is 0 Å². The summed E-state index contributed by atoms with van der Waals surface area (Å²) in [6.07, 6.45) is 0. The molecule has 0 saturated heterocycles. The van der Waals surface area contributed by atoms with Crippen molar-refractivity contribution in [2.24, 2.45) is 0 Å². The number of para-hydroxylation sites is 2. The molecule has 5 nitrogen and oxygen atoms in total. The van der Waals surface area contributed by atoms with Crippen LogP contribution in [0.5, 0.6) is 0 Å². The van der Waals surface area contributed by atoms with Gasteiger partial charge in [-0.25, -0.2) is 4.98 Å². The standard InChI is InChI=1S/C19H18N4OS/c1-3-23-16-7-5-4-6-15(16)20-19(23)25-12-17-21-18(22-24-17)14-10-8-13(2)9-11-14/h4-11H,3,12H2,1-2H3. The van der Waals surface area contributed by atoms with Crippen molar-refractivity contribution in [3.05, 3.63) is 60.0 Å². The molecule has 0 aliphatic heterocycles. The first-order valence-corrected chi connectivity index (χ1v) is 9.21. The number of nitrogens with zero attached hydrogens (tertiary/aromatic N) is 4. The highest BCUT2D eigenvalue weighted by Gasteiger charge is 2.13. The summed E-state index contributed by atoms with van der Waals surface area (Å²) in [7, 11) is 0. The molecule has 0 bridgehead atoms. The van der Waals surface area contributed by atoms with E-state index < -0.39 is 0 Å². The Morgan fingerprint density at radius 2 is 1.84 bits per heavy atom. The van der Waals surface area contributed by atoms with Crippen molar-refractivity contribution in [3.8, 4) is 11.4 Å². The molecule has 25 heavy (non-hydrogen) atoms. The number of hydrogen-bond acceptors (Lipinski definition) is 5. The number of benzene rings is 2. The monoisotopic (exact) mass is 350 g/mol. The average Bonchev–Trinajstić information content (AvgIpc) is 3.24. The maximum Gasteiger partial charge on any atom is 0.237 e. The van der Waals surface area contributed by atoms with Gasteiger partial charge in [0.2, 0.25) is 11.7 Å². The molecule has 2 heterocycles. The number of imidazole rings is 1. The van der Waals surface area contributed by atoms with E-state index in [0.29, 0.717) is 17.5 Å². The third-order valence-electron chi connectivity index (χ3n) is 4.04. The van der Waals surface area contributed by atoms with Gasteiger partial charge in [-0.05, 0) is 26.0 Å². The summed E-state index contributed by atoms with van der Waals surface area (Å²) in [5.41, 5.74) is 4.34. The van der Waals surface area contributed by atoms with Gasteiger partial charge in [-0.15, -0.1) is 0 Å². The van der Waals surface area contributed by atoms with Crippen LogP contribution in [0.1, 0.15) is 18.4 Å². The van der Waals surface area contributed by atoms with Crippen molar-refractivity contribution in [3.63, 3.8) is 0 Å². The minimum Gasteiger partial charge on any atom is -0.338 e.